The minimum absolute atomic E-state index is 0.105. The molecule has 0 atom stereocenters. The molecule has 0 spiro atoms. The Morgan fingerprint density at radius 3 is 2.62 bits per heavy atom. The largest absolute Gasteiger partial charge is 0.289 e. The fraction of sp³-hybridized carbons (Fsp3) is 0.211. The first-order valence-electron chi connectivity index (χ1n) is 9.04. The molecule has 10 heteroatoms. The number of hydrogen-bond donors (Lipinski definition) is 2. The summed E-state index contributed by atoms with van der Waals surface area (Å²) in [6.07, 6.45) is 1.70. The molecule has 1 saturated heterocycles. The zero-order valence-electron chi connectivity index (χ0n) is 15.3. The number of aromatic nitrogens is 3. The van der Waals surface area contributed by atoms with Crippen LogP contribution < -0.4 is 5.32 Å². The fourth-order valence-corrected chi connectivity index (χ4v) is 5.18. The molecular formula is C19H18BrN5O3S. The summed E-state index contributed by atoms with van der Waals surface area (Å²) in [7, 11) is -3.59. The molecule has 1 amide bonds. The van der Waals surface area contributed by atoms with E-state index in [4.69, 9.17) is 0 Å². The van der Waals surface area contributed by atoms with Gasteiger partial charge in [0.15, 0.2) is 5.82 Å². The molecule has 1 aromatic heterocycles. The predicted molar refractivity (Wildman–Crippen MR) is 112 cm³/mol. The van der Waals surface area contributed by atoms with Gasteiger partial charge in [-0.1, -0.05) is 40.2 Å². The monoisotopic (exact) mass is 475 g/mol. The van der Waals surface area contributed by atoms with Gasteiger partial charge in [0.05, 0.1) is 4.90 Å². The van der Waals surface area contributed by atoms with E-state index in [1.807, 2.05) is 24.3 Å². The molecule has 0 aliphatic carbocycles. The standard InChI is InChI=1S/C19H18BrN5O3S/c20-16-9-2-1-8-15(16)17-21-19(24-23-17)22-18(26)13-6-5-7-14(12-13)29(27,28)25-10-3-4-11-25/h1-2,5-9,12H,3-4,10-11H2,(H2,21,22,23,24,26). The topological polar surface area (TPSA) is 108 Å². The molecule has 2 N–H and O–H groups in total. The van der Waals surface area contributed by atoms with Crippen LogP contribution in [0.3, 0.4) is 0 Å². The highest BCUT2D eigenvalue weighted by Crippen LogP contribution is 2.26. The van der Waals surface area contributed by atoms with Gasteiger partial charge in [-0.2, -0.15) is 9.29 Å². The number of rotatable bonds is 5. The molecule has 3 aromatic rings. The second-order valence-electron chi connectivity index (χ2n) is 6.58. The van der Waals surface area contributed by atoms with Gasteiger partial charge in [-0.15, -0.1) is 5.10 Å². The van der Waals surface area contributed by atoms with Crippen LogP contribution in [0.15, 0.2) is 57.9 Å². The zero-order valence-corrected chi connectivity index (χ0v) is 17.7. The van der Waals surface area contributed by atoms with Gasteiger partial charge < -0.3 is 0 Å². The normalized spacial score (nSPS) is 14.8. The van der Waals surface area contributed by atoms with E-state index in [2.05, 4.69) is 36.4 Å². The Bertz CT molecular complexity index is 1160. The fourth-order valence-electron chi connectivity index (χ4n) is 3.14. The van der Waals surface area contributed by atoms with E-state index in [9.17, 15) is 13.2 Å². The van der Waals surface area contributed by atoms with Gasteiger partial charge in [0.25, 0.3) is 5.91 Å². The zero-order chi connectivity index (χ0) is 20.4. The number of anilines is 1. The van der Waals surface area contributed by atoms with Crippen LogP contribution in [0.25, 0.3) is 11.4 Å². The molecule has 4 rings (SSSR count). The minimum Gasteiger partial charge on any atom is -0.289 e. The number of H-pyrrole nitrogens is 1. The lowest BCUT2D eigenvalue weighted by Crippen LogP contribution is -2.28. The van der Waals surface area contributed by atoms with E-state index in [0.29, 0.717) is 18.9 Å². The van der Waals surface area contributed by atoms with E-state index in [0.717, 1.165) is 22.9 Å². The van der Waals surface area contributed by atoms with Crippen molar-refractivity contribution in [2.45, 2.75) is 17.7 Å². The van der Waals surface area contributed by atoms with E-state index in [1.165, 1.54) is 16.4 Å². The number of carbonyl (C=O) groups excluding carboxylic acids is 1. The molecule has 2 heterocycles. The molecule has 8 nitrogen and oxygen atoms in total. The summed E-state index contributed by atoms with van der Waals surface area (Å²) in [6, 6.07) is 13.5. The van der Waals surface area contributed by atoms with Gasteiger partial charge in [0, 0.05) is 28.7 Å². The maximum absolute atomic E-state index is 12.7. The molecular weight excluding hydrogens is 458 g/mol. The molecule has 150 valence electrons. The summed E-state index contributed by atoms with van der Waals surface area (Å²) in [6.45, 7) is 1.02. The number of nitrogens with zero attached hydrogens (tertiary/aromatic N) is 3. The number of halogens is 1. The second kappa shape index (κ2) is 8.05. The van der Waals surface area contributed by atoms with Crippen LogP contribution in [-0.2, 0) is 10.0 Å². The quantitative estimate of drug-likeness (QED) is 0.588. The summed E-state index contributed by atoms with van der Waals surface area (Å²) in [5.74, 6) is 0.118. The number of benzene rings is 2. The number of hydrogen-bond acceptors (Lipinski definition) is 5. The first kappa shape index (κ1) is 19.7. The molecule has 1 fully saturated rings. The van der Waals surface area contributed by atoms with E-state index in [1.54, 1.807) is 12.1 Å². The first-order valence-corrected chi connectivity index (χ1v) is 11.3. The molecule has 0 radical (unpaired) electrons. The summed E-state index contributed by atoms with van der Waals surface area (Å²) >= 11 is 3.45. The molecule has 0 unspecified atom stereocenters. The maximum atomic E-state index is 12.7. The third-order valence-corrected chi connectivity index (χ3v) is 7.22. The smallest absolute Gasteiger partial charge is 0.258 e. The van der Waals surface area contributed by atoms with Crippen molar-refractivity contribution in [1.82, 2.24) is 19.5 Å². The Morgan fingerprint density at radius 1 is 1.10 bits per heavy atom. The highest BCUT2D eigenvalue weighted by Gasteiger charge is 2.27. The van der Waals surface area contributed by atoms with Gasteiger partial charge in [-0.3, -0.25) is 15.2 Å². The van der Waals surface area contributed by atoms with Gasteiger partial charge in [0.1, 0.15) is 0 Å². The second-order valence-corrected chi connectivity index (χ2v) is 9.37. The highest BCUT2D eigenvalue weighted by atomic mass is 79.9. The molecule has 1 aliphatic rings. The van der Waals surface area contributed by atoms with Crippen LogP contribution in [0.4, 0.5) is 5.95 Å². The molecule has 0 saturated carbocycles. The van der Waals surface area contributed by atoms with Crippen LogP contribution in [0, 0.1) is 0 Å². The van der Waals surface area contributed by atoms with Crippen molar-refractivity contribution in [3.05, 3.63) is 58.6 Å². The minimum atomic E-state index is -3.59. The summed E-state index contributed by atoms with van der Waals surface area (Å²) < 4.78 is 27.7. The van der Waals surface area contributed by atoms with Crippen molar-refractivity contribution in [2.24, 2.45) is 0 Å². The van der Waals surface area contributed by atoms with E-state index < -0.39 is 15.9 Å². The number of aromatic amines is 1. The lowest BCUT2D eigenvalue weighted by molar-refractivity contribution is 0.102. The van der Waals surface area contributed by atoms with Crippen molar-refractivity contribution >= 4 is 37.8 Å². The Morgan fingerprint density at radius 2 is 1.86 bits per heavy atom. The molecule has 29 heavy (non-hydrogen) atoms. The van der Waals surface area contributed by atoms with Crippen LogP contribution in [0.2, 0.25) is 0 Å². The van der Waals surface area contributed by atoms with Crippen molar-refractivity contribution < 1.29 is 13.2 Å². The molecule has 1 aliphatic heterocycles. The Labute approximate surface area is 176 Å². The number of nitrogens with one attached hydrogen (secondary N) is 2. The number of carbonyl (C=O) groups is 1. The van der Waals surface area contributed by atoms with Crippen LogP contribution in [0.5, 0.6) is 0 Å². The van der Waals surface area contributed by atoms with Gasteiger partial charge in [0.2, 0.25) is 16.0 Å². The molecule has 0 bridgehead atoms. The Kier molecular flexibility index (Phi) is 5.48. The number of sulfonamides is 1. The lowest BCUT2D eigenvalue weighted by Gasteiger charge is -2.15. The summed E-state index contributed by atoms with van der Waals surface area (Å²) in [5, 5.41) is 9.40. The molecule has 2 aromatic carbocycles. The third kappa shape index (κ3) is 4.09. The van der Waals surface area contributed by atoms with Crippen LogP contribution >= 0.6 is 15.9 Å². The van der Waals surface area contributed by atoms with E-state index >= 15 is 0 Å². The van der Waals surface area contributed by atoms with Crippen molar-refractivity contribution in [1.29, 1.82) is 0 Å². The SMILES string of the molecule is O=C(Nc1n[nH]c(-c2ccccc2Br)n1)c1cccc(S(=O)(=O)N2CCCC2)c1. The van der Waals surface area contributed by atoms with Crippen molar-refractivity contribution in [3.63, 3.8) is 0 Å². The lowest BCUT2D eigenvalue weighted by atomic mass is 10.2. The van der Waals surface area contributed by atoms with Crippen LogP contribution in [-0.4, -0.2) is 46.9 Å². The van der Waals surface area contributed by atoms with Gasteiger partial charge >= 0.3 is 0 Å². The maximum Gasteiger partial charge on any atom is 0.258 e. The van der Waals surface area contributed by atoms with Gasteiger partial charge in [-0.05, 0) is 37.1 Å². The summed E-state index contributed by atoms with van der Waals surface area (Å²) in [5.41, 5.74) is 1.02. The Hall–Kier alpha value is -2.56. The van der Waals surface area contributed by atoms with Crippen LogP contribution in [0.1, 0.15) is 23.2 Å². The van der Waals surface area contributed by atoms with Crippen molar-refractivity contribution in [3.8, 4) is 11.4 Å². The van der Waals surface area contributed by atoms with Crippen molar-refractivity contribution in [2.75, 3.05) is 18.4 Å². The van der Waals surface area contributed by atoms with E-state index in [-0.39, 0.29) is 16.4 Å². The average Bonchev–Trinajstić information content (AvgIpc) is 3.41. The first-order chi connectivity index (χ1) is 13.9. The highest BCUT2D eigenvalue weighted by molar-refractivity contribution is 9.10. The predicted octanol–water partition coefficient (Wildman–Crippen LogP) is 3.27. The third-order valence-electron chi connectivity index (χ3n) is 4.64. The number of amides is 1. The average molecular weight is 476 g/mol. The summed E-state index contributed by atoms with van der Waals surface area (Å²) in [4.78, 5) is 17.0. The van der Waals surface area contributed by atoms with Gasteiger partial charge in [-0.25, -0.2) is 8.42 Å². The Balaban J connectivity index is 1.53.